The first-order valence-electron chi connectivity index (χ1n) is 10.1. The van der Waals surface area contributed by atoms with Crippen molar-refractivity contribution in [2.75, 3.05) is 29.9 Å². The molecule has 1 aliphatic rings. The summed E-state index contributed by atoms with van der Waals surface area (Å²) in [6.07, 6.45) is 4.02. The topological polar surface area (TPSA) is 58.6 Å². The van der Waals surface area contributed by atoms with Crippen molar-refractivity contribution in [3.05, 3.63) is 45.8 Å². The van der Waals surface area contributed by atoms with Crippen LogP contribution >= 0.6 is 11.3 Å². The van der Waals surface area contributed by atoms with Crippen molar-refractivity contribution in [1.82, 2.24) is 0 Å². The van der Waals surface area contributed by atoms with Gasteiger partial charge in [0.15, 0.2) is 0 Å². The summed E-state index contributed by atoms with van der Waals surface area (Å²) in [6.45, 7) is 8.19. The van der Waals surface area contributed by atoms with Gasteiger partial charge in [0.1, 0.15) is 5.00 Å². The first-order chi connectivity index (χ1) is 13.6. The van der Waals surface area contributed by atoms with E-state index in [1.54, 1.807) is 6.92 Å². The third-order valence-corrected chi connectivity index (χ3v) is 6.34. The van der Waals surface area contributed by atoms with E-state index in [4.69, 9.17) is 4.74 Å². The lowest BCUT2D eigenvalue weighted by atomic mass is 9.95. The molecule has 0 unspecified atom stereocenters. The second kappa shape index (κ2) is 9.24. The van der Waals surface area contributed by atoms with Gasteiger partial charge >= 0.3 is 5.97 Å². The molecule has 0 bridgehead atoms. The summed E-state index contributed by atoms with van der Waals surface area (Å²) in [7, 11) is 0. The van der Waals surface area contributed by atoms with Gasteiger partial charge < -0.3 is 15.0 Å². The Kier molecular flexibility index (Phi) is 6.73. The smallest absolute Gasteiger partial charge is 0.341 e. The predicted molar refractivity (Wildman–Crippen MR) is 115 cm³/mol. The average molecular weight is 401 g/mol. The van der Waals surface area contributed by atoms with Crippen molar-refractivity contribution in [2.45, 2.75) is 46.5 Å². The lowest BCUT2D eigenvalue weighted by Gasteiger charge is -2.21. The highest BCUT2D eigenvalue weighted by atomic mass is 32.1. The van der Waals surface area contributed by atoms with Crippen LogP contribution in [-0.4, -0.2) is 31.6 Å². The van der Waals surface area contributed by atoms with Gasteiger partial charge in [0, 0.05) is 29.2 Å². The largest absolute Gasteiger partial charge is 0.462 e. The number of amides is 1. The zero-order valence-electron chi connectivity index (χ0n) is 16.8. The maximum Gasteiger partial charge on any atom is 0.341 e. The van der Waals surface area contributed by atoms with Crippen molar-refractivity contribution in [3.63, 3.8) is 0 Å². The van der Waals surface area contributed by atoms with Crippen molar-refractivity contribution in [1.29, 1.82) is 0 Å². The summed E-state index contributed by atoms with van der Waals surface area (Å²) < 4.78 is 5.26. The van der Waals surface area contributed by atoms with Gasteiger partial charge in [-0.05, 0) is 76.3 Å². The Bertz CT molecular complexity index is 838. The van der Waals surface area contributed by atoms with Crippen LogP contribution in [0.15, 0.2) is 24.3 Å². The number of hydrogen-bond acceptors (Lipinski definition) is 5. The molecule has 0 aliphatic heterocycles. The maximum absolute atomic E-state index is 12.8. The minimum Gasteiger partial charge on any atom is -0.462 e. The van der Waals surface area contributed by atoms with Crippen LogP contribution in [0.2, 0.25) is 0 Å². The molecular weight excluding hydrogens is 372 g/mol. The molecule has 0 fully saturated rings. The standard InChI is InChI=1S/C22H28N2O3S/c1-4-24(5-2)16-13-11-15(12-14-16)20(25)23-21-19(22(26)27-6-3)17-9-7-8-10-18(17)28-21/h11-14H,4-10H2,1-3H3,(H,23,25). The molecule has 3 rings (SSSR count). The second-order valence-corrected chi connectivity index (χ2v) is 7.91. The first-order valence-corrected chi connectivity index (χ1v) is 10.9. The summed E-state index contributed by atoms with van der Waals surface area (Å²) in [5, 5.41) is 3.58. The molecule has 1 heterocycles. The van der Waals surface area contributed by atoms with Crippen molar-refractivity contribution in [2.24, 2.45) is 0 Å². The molecule has 1 aromatic carbocycles. The van der Waals surface area contributed by atoms with Crippen LogP contribution in [0.4, 0.5) is 10.7 Å². The van der Waals surface area contributed by atoms with Crippen LogP contribution in [0.25, 0.3) is 0 Å². The van der Waals surface area contributed by atoms with Crippen LogP contribution in [0.3, 0.4) is 0 Å². The number of carbonyl (C=O) groups is 2. The van der Waals surface area contributed by atoms with Gasteiger partial charge in [-0.25, -0.2) is 4.79 Å². The lowest BCUT2D eigenvalue weighted by molar-refractivity contribution is 0.0526. The number of anilines is 2. The zero-order valence-corrected chi connectivity index (χ0v) is 17.7. The first kappa shape index (κ1) is 20.4. The Morgan fingerprint density at radius 2 is 1.75 bits per heavy atom. The van der Waals surface area contributed by atoms with Gasteiger partial charge in [0.25, 0.3) is 5.91 Å². The minimum absolute atomic E-state index is 0.199. The predicted octanol–water partition coefficient (Wildman–Crippen LogP) is 4.90. The average Bonchev–Trinajstić information content (AvgIpc) is 3.07. The van der Waals surface area contributed by atoms with Crippen molar-refractivity contribution < 1.29 is 14.3 Å². The van der Waals surface area contributed by atoms with Crippen molar-refractivity contribution >= 4 is 33.9 Å². The monoisotopic (exact) mass is 400 g/mol. The third kappa shape index (κ3) is 4.22. The Labute approximate surface area is 170 Å². The molecule has 1 N–H and O–H groups in total. The highest BCUT2D eigenvalue weighted by Gasteiger charge is 2.27. The van der Waals surface area contributed by atoms with E-state index in [2.05, 4.69) is 24.1 Å². The molecule has 0 radical (unpaired) electrons. The van der Waals surface area contributed by atoms with Crippen LogP contribution in [0.5, 0.6) is 0 Å². The summed E-state index contributed by atoms with van der Waals surface area (Å²) in [5.41, 5.74) is 3.29. The normalized spacial score (nSPS) is 13.0. The number of nitrogens with zero attached hydrogens (tertiary/aromatic N) is 1. The van der Waals surface area contributed by atoms with E-state index in [9.17, 15) is 9.59 Å². The molecule has 6 heteroatoms. The number of hydrogen-bond donors (Lipinski definition) is 1. The number of nitrogens with one attached hydrogen (secondary N) is 1. The lowest BCUT2D eigenvalue weighted by Crippen LogP contribution is -2.22. The Hall–Kier alpha value is -2.34. The van der Waals surface area contributed by atoms with E-state index in [0.29, 0.717) is 22.7 Å². The number of rotatable bonds is 7. The quantitative estimate of drug-likeness (QED) is 0.672. The molecule has 1 aromatic heterocycles. The van der Waals surface area contributed by atoms with Gasteiger partial charge in [0.2, 0.25) is 0 Å². The Morgan fingerprint density at radius 3 is 2.39 bits per heavy atom. The van der Waals surface area contributed by atoms with Gasteiger partial charge in [-0.1, -0.05) is 0 Å². The van der Waals surface area contributed by atoms with Gasteiger partial charge in [-0.15, -0.1) is 11.3 Å². The van der Waals surface area contributed by atoms with Crippen LogP contribution in [0, 0.1) is 0 Å². The molecule has 0 saturated carbocycles. The summed E-state index contributed by atoms with van der Waals surface area (Å²) >= 11 is 1.51. The molecule has 0 spiro atoms. The molecule has 1 aliphatic carbocycles. The second-order valence-electron chi connectivity index (χ2n) is 6.81. The van der Waals surface area contributed by atoms with E-state index in [1.165, 1.54) is 16.2 Å². The molecule has 28 heavy (non-hydrogen) atoms. The SMILES string of the molecule is CCOC(=O)c1c(NC(=O)c2ccc(N(CC)CC)cc2)sc2c1CCCC2. The fraction of sp³-hybridized carbons (Fsp3) is 0.455. The number of benzene rings is 1. The number of carbonyl (C=O) groups excluding carboxylic acids is 2. The summed E-state index contributed by atoms with van der Waals surface area (Å²) in [4.78, 5) is 28.8. The number of ether oxygens (including phenoxy) is 1. The van der Waals surface area contributed by atoms with E-state index < -0.39 is 0 Å². The highest BCUT2D eigenvalue weighted by molar-refractivity contribution is 7.17. The Morgan fingerprint density at radius 1 is 1.07 bits per heavy atom. The van der Waals surface area contributed by atoms with Gasteiger partial charge in [-0.3, -0.25) is 4.79 Å². The fourth-order valence-electron chi connectivity index (χ4n) is 3.66. The maximum atomic E-state index is 12.8. The van der Waals surface area contributed by atoms with E-state index in [0.717, 1.165) is 50.0 Å². The van der Waals surface area contributed by atoms with Crippen LogP contribution in [-0.2, 0) is 17.6 Å². The van der Waals surface area contributed by atoms with Crippen molar-refractivity contribution in [3.8, 4) is 0 Å². The number of fused-ring (bicyclic) bond motifs is 1. The number of aryl methyl sites for hydroxylation is 1. The molecule has 5 nitrogen and oxygen atoms in total. The molecule has 0 saturated heterocycles. The van der Waals surface area contributed by atoms with Gasteiger partial charge in [-0.2, -0.15) is 0 Å². The zero-order chi connectivity index (χ0) is 20.1. The highest BCUT2D eigenvalue weighted by Crippen LogP contribution is 2.38. The van der Waals surface area contributed by atoms with E-state index in [1.807, 2.05) is 24.3 Å². The molecular formula is C22H28N2O3S. The molecule has 150 valence electrons. The summed E-state index contributed by atoms with van der Waals surface area (Å²) in [6, 6.07) is 7.60. The minimum atomic E-state index is -0.339. The Balaban J connectivity index is 1.84. The number of esters is 1. The third-order valence-electron chi connectivity index (χ3n) is 5.14. The molecule has 0 atom stereocenters. The van der Waals surface area contributed by atoms with Crippen LogP contribution in [0.1, 0.15) is 64.8 Å². The van der Waals surface area contributed by atoms with E-state index >= 15 is 0 Å². The van der Waals surface area contributed by atoms with E-state index in [-0.39, 0.29) is 11.9 Å². The molecule has 1 amide bonds. The number of thiophene rings is 1. The fourth-order valence-corrected chi connectivity index (χ4v) is 4.93. The summed E-state index contributed by atoms with van der Waals surface area (Å²) in [5.74, 6) is -0.538. The van der Waals surface area contributed by atoms with Gasteiger partial charge in [0.05, 0.1) is 12.2 Å². The van der Waals surface area contributed by atoms with Crippen LogP contribution < -0.4 is 10.2 Å². The molecule has 2 aromatic rings.